The van der Waals surface area contributed by atoms with E-state index in [1.165, 1.54) is 5.75 Å². The summed E-state index contributed by atoms with van der Waals surface area (Å²) in [6, 6.07) is 0. The van der Waals surface area contributed by atoms with Crippen molar-refractivity contribution in [3.8, 4) is 0 Å². The van der Waals surface area contributed by atoms with Crippen molar-refractivity contribution in [1.82, 2.24) is 10.2 Å². The van der Waals surface area contributed by atoms with Gasteiger partial charge in [-0.3, -0.25) is 9.69 Å². The molecule has 1 amide bonds. The summed E-state index contributed by atoms with van der Waals surface area (Å²) < 4.78 is 10.9. The zero-order valence-electron chi connectivity index (χ0n) is 14.7. The molecule has 3 heterocycles. The molecular weight excluding hydrogens is 385 g/mol. The number of hydrogen-bond acceptors (Lipinski definition) is 6. The molecule has 3 saturated heterocycles. The van der Waals surface area contributed by atoms with Crippen LogP contribution in [0.25, 0.3) is 0 Å². The summed E-state index contributed by atoms with van der Waals surface area (Å²) >= 11 is 1.99. The molecule has 3 aliphatic rings. The molecule has 148 valence electrons. The number of carbonyl (C=O) groups excluding carboxylic acids is 1. The molecule has 3 N–H and O–H groups in total. The summed E-state index contributed by atoms with van der Waals surface area (Å²) in [5, 5.41) is 3.25. The molecule has 0 spiro atoms. The zero-order chi connectivity index (χ0) is 16.2. The van der Waals surface area contributed by atoms with Crippen molar-refractivity contribution in [3.63, 3.8) is 0 Å². The number of morpholine rings is 1. The van der Waals surface area contributed by atoms with Crippen molar-refractivity contribution < 1.29 is 14.3 Å². The first kappa shape index (κ1) is 23.3. The van der Waals surface area contributed by atoms with Gasteiger partial charge in [0.1, 0.15) is 0 Å². The average Bonchev–Trinajstić information content (AvgIpc) is 3.11. The maximum atomic E-state index is 12.8. The van der Waals surface area contributed by atoms with Crippen LogP contribution in [0.2, 0.25) is 0 Å². The van der Waals surface area contributed by atoms with Gasteiger partial charge in [0.15, 0.2) is 0 Å². The molecular formula is C16H31Cl2N3O3S. The van der Waals surface area contributed by atoms with Gasteiger partial charge in [-0.2, -0.15) is 11.8 Å². The maximum Gasteiger partial charge on any atom is 0.227 e. The second kappa shape index (κ2) is 10.5. The van der Waals surface area contributed by atoms with Crippen LogP contribution >= 0.6 is 36.6 Å². The van der Waals surface area contributed by atoms with Crippen LogP contribution in [0.15, 0.2) is 0 Å². The van der Waals surface area contributed by atoms with E-state index in [1.807, 2.05) is 11.8 Å². The van der Waals surface area contributed by atoms with E-state index in [2.05, 4.69) is 10.2 Å². The molecule has 0 aromatic carbocycles. The first-order valence-electron chi connectivity index (χ1n) is 8.68. The van der Waals surface area contributed by atoms with Gasteiger partial charge in [0.2, 0.25) is 5.91 Å². The minimum absolute atomic E-state index is 0. The lowest BCUT2D eigenvalue weighted by Crippen LogP contribution is -2.61. The molecule has 0 aliphatic carbocycles. The molecule has 3 aliphatic heterocycles. The highest BCUT2D eigenvalue weighted by atomic mass is 35.5. The van der Waals surface area contributed by atoms with Crippen molar-refractivity contribution in [1.29, 1.82) is 0 Å². The summed E-state index contributed by atoms with van der Waals surface area (Å²) in [5.41, 5.74) is 5.61. The zero-order valence-corrected chi connectivity index (χ0v) is 17.1. The SMILES string of the molecule is Cl.Cl.NCC1(C(=O)NCC2(N3CCOCC3)CCSC2)CCOCC1. The predicted molar refractivity (Wildman–Crippen MR) is 106 cm³/mol. The fraction of sp³-hybridized carbons (Fsp3) is 0.938. The Bertz CT molecular complexity index is 413. The third kappa shape index (κ3) is 5.15. The van der Waals surface area contributed by atoms with Gasteiger partial charge in [0, 0.05) is 50.7 Å². The van der Waals surface area contributed by atoms with Crippen LogP contribution in [-0.2, 0) is 14.3 Å². The van der Waals surface area contributed by atoms with Crippen molar-refractivity contribution >= 4 is 42.5 Å². The Hall–Kier alpha value is 0.240. The highest BCUT2D eigenvalue weighted by molar-refractivity contribution is 7.99. The number of halogens is 2. The van der Waals surface area contributed by atoms with E-state index in [0.29, 0.717) is 19.8 Å². The van der Waals surface area contributed by atoms with Gasteiger partial charge < -0.3 is 20.5 Å². The van der Waals surface area contributed by atoms with E-state index in [9.17, 15) is 4.79 Å². The highest BCUT2D eigenvalue weighted by Gasteiger charge is 2.43. The van der Waals surface area contributed by atoms with Gasteiger partial charge >= 0.3 is 0 Å². The fourth-order valence-corrected chi connectivity index (χ4v) is 5.33. The molecule has 9 heteroatoms. The molecule has 0 aromatic heterocycles. The van der Waals surface area contributed by atoms with Crippen LogP contribution in [0.5, 0.6) is 0 Å². The minimum Gasteiger partial charge on any atom is -0.381 e. The number of ether oxygens (including phenoxy) is 2. The van der Waals surface area contributed by atoms with Gasteiger partial charge in [-0.1, -0.05) is 0 Å². The minimum atomic E-state index is -0.434. The Morgan fingerprint density at radius 3 is 2.28 bits per heavy atom. The first-order chi connectivity index (χ1) is 11.2. The van der Waals surface area contributed by atoms with Gasteiger partial charge in [-0.15, -0.1) is 24.8 Å². The number of nitrogens with one attached hydrogen (secondary N) is 1. The van der Waals surface area contributed by atoms with E-state index in [1.54, 1.807) is 0 Å². The normalized spacial score (nSPS) is 29.3. The van der Waals surface area contributed by atoms with Crippen molar-refractivity contribution in [3.05, 3.63) is 0 Å². The number of hydrogen-bond donors (Lipinski definition) is 2. The van der Waals surface area contributed by atoms with Crippen LogP contribution in [-0.4, -0.2) is 80.5 Å². The Balaban J connectivity index is 0.00000156. The van der Waals surface area contributed by atoms with Crippen LogP contribution < -0.4 is 11.1 Å². The number of nitrogens with zero attached hydrogens (tertiary/aromatic N) is 1. The van der Waals surface area contributed by atoms with E-state index in [4.69, 9.17) is 15.2 Å². The lowest BCUT2D eigenvalue weighted by Gasteiger charge is -2.44. The van der Waals surface area contributed by atoms with Crippen molar-refractivity contribution in [2.45, 2.75) is 24.8 Å². The van der Waals surface area contributed by atoms with Gasteiger partial charge in [0.05, 0.1) is 18.6 Å². The molecule has 3 fully saturated rings. The molecule has 0 radical (unpaired) electrons. The van der Waals surface area contributed by atoms with Crippen LogP contribution in [0.4, 0.5) is 0 Å². The highest BCUT2D eigenvalue weighted by Crippen LogP contribution is 2.35. The largest absolute Gasteiger partial charge is 0.381 e. The van der Waals surface area contributed by atoms with Gasteiger partial charge in [-0.05, 0) is 25.0 Å². The molecule has 0 saturated carbocycles. The standard InChI is InChI=1S/C16H29N3O3S.2ClH/c17-11-15(1-6-21-7-2-15)14(20)18-12-16(3-10-23-13-16)19-4-8-22-9-5-19;;/h1-13,17H2,(H,18,20);2*1H. The molecule has 0 bridgehead atoms. The Labute approximate surface area is 167 Å². The second-order valence-electron chi connectivity index (χ2n) is 6.91. The second-order valence-corrected chi connectivity index (χ2v) is 8.01. The summed E-state index contributed by atoms with van der Waals surface area (Å²) in [4.78, 5) is 15.4. The lowest BCUT2D eigenvalue weighted by atomic mass is 9.79. The Morgan fingerprint density at radius 1 is 1.08 bits per heavy atom. The van der Waals surface area contributed by atoms with E-state index in [-0.39, 0.29) is 36.3 Å². The topological polar surface area (TPSA) is 76.8 Å². The molecule has 0 aromatic rings. The van der Waals surface area contributed by atoms with Crippen LogP contribution in [0, 0.1) is 5.41 Å². The first-order valence-corrected chi connectivity index (χ1v) is 9.83. The maximum absolute atomic E-state index is 12.8. The number of carbonyl (C=O) groups is 1. The quantitative estimate of drug-likeness (QED) is 0.694. The summed E-state index contributed by atoms with van der Waals surface area (Å²) in [6.07, 6.45) is 2.60. The third-order valence-corrected chi connectivity index (χ3v) is 6.90. The summed E-state index contributed by atoms with van der Waals surface area (Å²) in [7, 11) is 0. The number of thioether (sulfide) groups is 1. The van der Waals surface area contributed by atoms with E-state index < -0.39 is 5.41 Å². The van der Waals surface area contributed by atoms with Crippen LogP contribution in [0.3, 0.4) is 0 Å². The Morgan fingerprint density at radius 2 is 1.72 bits per heavy atom. The van der Waals surface area contributed by atoms with Crippen molar-refractivity contribution in [2.75, 3.05) is 64.1 Å². The summed E-state index contributed by atoms with van der Waals surface area (Å²) in [6.45, 7) is 5.92. The number of amides is 1. The van der Waals surface area contributed by atoms with Crippen molar-refractivity contribution in [2.24, 2.45) is 11.1 Å². The summed E-state index contributed by atoms with van der Waals surface area (Å²) in [5.74, 6) is 2.38. The molecule has 6 nitrogen and oxygen atoms in total. The molecule has 1 unspecified atom stereocenters. The molecule has 1 atom stereocenters. The van der Waals surface area contributed by atoms with Crippen LogP contribution in [0.1, 0.15) is 19.3 Å². The monoisotopic (exact) mass is 415 g/mol. The molecule has 3 rings (SSSR count). The van der Waals surface area contributed by atoms with Gasteiger partial charge in [-0.25, -0.2) is 0 Å². The van der Waals surface area contributed by atoms with Gasteiger partial charge in [0.25, 0.3) is 0 Å². The van der Waals surface area contributed by atoms with E-state index >= 15 is 0 Å². The Kier molecular flexibility index (Phi) is 9.82. The molecule has 25 heavy (non-hydrogen) atoms. The number of rotatable bonds is 5. The third-order valence-electron chi connectivity index (χ3n) is 5.66. The smallest absolute Gasteiger partial charge is 0.227 e. The average molecular weight is 416 g/mol. The predicted octanol–water partition coefficient (Wildman–Crippen LogP) is 0.910. The van der Waals surface area contributed by atoms with E-state index in [0.717, 1.165) is 57.9 Å². The number of nitrogens with two attached hydrogens (primary N) is 1. The lowest BCUT2D eigenvalue weighted by molar-refractivity contribution is -0.136. The fourth-order valence-electron chi connectivity index (χ4n) is 3.85.